The largest absolute Gasteiger partial charge is 0.399 e. The summed E-state index contributed by atoms with van der Waals surface area (Å²) in [5, 5.41) is 0. The summed E-state index contributed by atoms with van der Waals surface area (Å²) < 4.78 is 0. The van der Waals surface area contributed by atoms with Crippen LogP contribution in [0.4, 0.5) is 5.69 Å². The first-order valence-electron chi connectivity index (χ1n) is 3.46. The quantitative estimate of drug-likeness (QED) is 0.478. The van der Waals surface area contributed by atoms with Crippen molar-refractivity contribution in [3.05, 3.63) is 41.2 Å². The van der Waals surface area contributed by atoms with Gasteiger partial charge in [-0.3, -0.25) is 0 Å². The molecule has 0 heterocycles. The summed E-state index contributed by atoms with van der Waals surface area (Å²) in [6.45, 7) is 8.67. The number of hydrogen-bond donors (Lipinski definition) is 1. The van der Waals surface area contributed by atoms with Crippen molar-refractivity contribution in [2.45, 2.75) is 13.0 Å². The van der Waals surface area contributed by atoms with Crippen LogP contribution in [0.3, 0.4) is 0 Å². The van der Waals surface area contributed by atoms with Crippen molar-refractivity contribution in [3.63, 3.8) is 0 Å². The van der Waals surface area contributed by atoms with E-state index in [1.54, 1.807) is 0 Å². The van der Waals surface area contributed by atoms with Gasteiger partial charge in [-0.25, -0.2) is 6.57 Å². The molecule has 0 radical (unpaired) electrons. The maximum Gasteiger partial charge on any atom is 0.245 e. The Labute approximate surface area is 66.5 Å². The van der Waals surface area contributed by atoms with Gasteiger partial charge in [0.25, 0.3) is 0 Å². The average Bonchev–Trinajstić information content (AvgIpc) is 2.05. The summed E-state index contributed by atoms with van der Waals surface area (Å²) >= 11 is 0. The van der Waals surface area contributed by atoms with E-state index in [0.717, 1.165) is 11.3 Å². The molecule has 0 aromatic heterocycles. The second-order valence-corrected chi connectivity index (χ2v) is 2.47. The highest BCUT2D eigenvalue weighted by atomic mass is 14.7. The van der Waals surface area contributed by atoms with Crippen LogP contribution in [0.15, 0.2) is 24.3 Å². The van der Waals surface area contributed by atoms with Crippen molar-refractivity contribution in [1.29, 1.82) is 0 Å². The number of anilines is 1. The van der Waals surface area contributed by atoms with E-state index in [2.05, 4.69) is 4.85 Å². The molecule has 56 valence electrons. The summed E-state index contributed by atoms with van der Waals surface area (Å²) in [4.78, 5) is 3.40. The Morgan fingerprint density at radius 2 is 1.91 bits per heavy atom. The van der Waals surface area contributed by atoms with Gasteiger partial charge in [-0.1, -0.05) is 0 Å². The first-order chi connectivity index (χ1) is 5.24. The van der Waals surface area contributed by atoms with Crippen molar-refractivity contribution in [3.8, 4) is 0 Å². The van der Waals surface area contributed by atoms with E-state index in [0.29, 0.717) is 0 Å². The number of benzene rings is 1. The topological polar surface area (TPSA) is 30.4 Å². The van der Waals surface area contributed by atoms with Crippen molar-refractivity contribution in [1.82, 2.24) is 0 Å². The third kappa shape index (κ3) is 1.71. The number of nitrogens with zero attached hydrogens (tertiary/aromatic N) is 1. The molecule has 0 amide bonds. The van der Waals surface area contributed by atoms with Crippen LogP contribution in [0.1, 0.15) is 18.5 Å². The van der Waals surface area contributed by atoms with Gasteiger partial charge in [0.05, 0.1) is 0 Å². The van der Waals surface area contributed by atoms with Gasteiger partial charge in [-0.05, 0) is 24.3 Å². The van der Waals surface area contributed by atoms with Gasteiger partial charge >= 0.3 is 0 Å². The number of hydrogen-bond acceptors (Lipinski definition) is 1. The van der Waals surface area contributed by atoms with Crippen LogP contribution < -0.4 is 5.73 Å². The second-order valence-electron chi connectivity index (χ2n) is 2.47. The lowest BCUT2D eigenvalue weighted by molar-refractivity contribution is 0.962. The highest BCUT2D eigenvalue weighted by Crippen LogP contribution is 2.17. The minimum atomic E-state index is -0.0596. The summed E-state index contributed by atoms with van der Waals surface area (Å²) in [5.41, 5.74) is 7.25. The molecule has 2 nitrogen and oxygen atoms in total. The zero-order valence-electron chi connectivity index (χ0n) is 6.41. The lowest BCUT2D eigenvalue weighted by Gasteiger charge is -1.98. The molecule has 1 aromatic rings. The molecule has 0 aliphatic heterocycles. The van der Waals surface area contributed by atoms with E-state index in [4.69, 9.17) is 12.3 Å². The zero-order valence-corrected chi connectivity index (χ0v) is 6.41. The fourth-order valence-corrected chi connectivity index (χ4v) is 0.849. The molecule has 0 bridgehead atoms. The SMILES string of the molecule is [C-]#[N+]C(C)c1ccc(N)cc1. The molecule has 0 saturated carbocycles. The van der Waals surface area contributed by atoms with Crippen LogP contribution in [-0.2, 0) is 0 Å². The number of rotatable bonds is 1. The predicted octanol–water partition coefficient (Wildman–Crippen LogP) is 2.25. The minimum absolute atomic E-state index is 0.0596. The molecule has 1 unspecified atom stereocenters. The molecule has 0 fully saturated rings. The van der Waals surface area contributed by atoms with Gasteiger partial charge in [0.1, 0.15) is 0 Å². The molecule has 0 saturated heterocycles. The monoisotopic (exact) mass is 146 g/mol. The molecule has 0 spiro atoms. The van der Waals surface area contributed by atoms with Gasteiger partial charge in [0, 0.05) is 18.2 Å². The van der Waals surface area contributed by atoms with Crippen LogP contribution in [0.2, 0.25) is 0 Å². The Morgan fingerprint density at radius 3 is 2.36 bits per heavy atom. The molecule has 2 heteroatoms. The van der Waals surface area contributed by atoms with Gasteiger partial charge in [0.2, 0.25) is 6.04 Å². The third-order valence-electron chi connectivity index (χ3n) is 1.61. The molecular formula is C9H10N2. The van der Waals surface area contributed by atoms with E-state index in [1.165, 1.54) is 0 Å². The molecule has 11 heavy (non-hydrogen) atoms. The molecule has 0 aliphatic carbocycles. The number of nitrogens with two attached hydrogens (primary N) is 1. The first kappa shape index (κ1) is 7.62. The standard InChI is InChI=1S/C9H10N2/c1-7(11-2)8-3-5-9(10)6-4-8/h3-7H,10H2,1H3. The maximum absolute atomic E-state index is 6.79. The third-order valence-corrected chi connectivity index (χ3v) is 1.61. The van der Waals surface area contributed by atoms with Crippen molar-refractivity contribution >= 4 is 5.69 Å². The van der Waals surface area contributed by atoms with E-state index < -0.39 is 0 Å². The predicted molar refractivity (Wildman–Crippen MR) is 45.9 cm³/mol. The number of nitrogen functional groups attached to an aromatic ring is 1. The molecule has 1 aromatic carbocycles. The Balaban J connectivity index is 2.92. The fourth-order valence-electron chi connectivity index (χ4n) is 0.849. The van der Waals surface area contributed by atoms with Crippen LogP contribution in [0.5, 0.6) is 0 Å². The minimum Gasteiger partial charge on any atom is -0.399 e. The van der Waals surface area contributed by atoms with Crippen molar-refractivity contribution < 1.29 is 0 Å². The molecule has 0 aliphatic rings. The summed E-state index contributed by atoms with van der Waals surface area (Å²) in [5.74, 6) is 0. The molecule has 1 rings (SSSR count). The second kappa shape index (κ2) is 3.07. The van der Waals surface area contributed by atoms with Gasteiger partial charge < -0.3 is 10.6 Å². The lowest BCUT2D eigenvalue weighted by Crippen LogP contribution is -1.88. The normalized spacial score (nSPS) is 12.0. The summed E-state index contributed by atoms with van der Waals surface area (Å²) in [6.07, 6.45) is 0. The van der Waals surface area contributed by atoms with Crippen LogP contribution in [-0.4, -0.2) is 0 Å². The van der Waals surface area contributed by atoms with Gasteiger partial charge in [-0.2, -0.15) is 0 Å². The zero-order chi connectivity index (χ0) is 8.27. The first-order valence-corrected chi connectivity index (χ1v) is 3.46. The Hall–Kier alpha value is -1.49. The smallest absolute Gasteiger partial charge is 0.245 e. The van der Waals surface area contributed by atoms with Gasteiger partial charge in [-0.15, -0.1) is 0 Å². The average molecular weight is 146 g/mol. The highest BCUT2D eigenvalue weighted by molar-refractivity contribution is 5.40. The Morgan fingerprint density at radius 1 is 1.36 bits per heavy atom. The summed E-state index contributed by atoms with van der Waals surface area (Å²) in [7, 11) is 0. The van der Waals surface area contributed by atoms with E-state index in [-0.39, 0.29) is 6.04 Å². The van der Waals surface area contributed by atoms with Crippen molar-refractivity contribution in [2.75, 3.05) is 5.73 Å². The maximum atomic E-state index is 6.79. The molecule has 1 atom stereocenters. The van der Waals surface area contributed by atoms with Crippen molar-refractivity contribution in [2.24, 2.45) is 0 Å². The van der Waals surface area contributed by atoms with E-state index in [9.17, 15) is 0 Å². The highest BCUT2D eigenvalue weighted by Gasteiger charge is 2.05. The Kier molecular flexibility index (Phi) is 2.12. The van der Waals surface area contributed by atoms with Gasteiger partial charge in [0.15, 0.2) is 0 Å². The van der Waals surface area contributed by atoms with Crippen LogP contribution in [0, 0.1) is 6.57 Å². The fraction of sp³-hybridized carbons (Fsp3) is 0.222. The lowest BCUT2D eigenvalue weighted by atomic mass is 10.1. The van der Waals surface area contributed by atoms with Crippen LogP contribution >= 0.6 is 0 Å². The molecular weight excluding hydrogens is 136 g/mol. The van der Waals surface area contributed by atoms with E-state index >= 15 is 0 Å². The van der Waals surface area contributed by atoms with Crippen LogP contribution in [0.25, 0.3) is 4.85 Å². The molecule has 2 N–H and O–H groups in total. The summed E-state index contributed by atoms with van der Waals surface area (Å²) in [6, 6.07) is 7.35. The Bertz CT molecular complexity index is 269. The van der Waals surface area contributed by atoms with E-state index in [1.807, 2.05) is 31.2 Å².